The van der Waals surface area contributed by atoms with Crippen LogP contribution >= 0.6 is 0 Å². The average molecular weight is 950 g/mol. The lowest BCUT2D eigenvalue weighted by molar-refractivity contribution is -0.356. The van der Waals surface area contributed by atoms with Crippen molar-refractivity contribution in [2.45, 2.75) is 211 Å². The Kier molecular flexibility index (Phi) is 22.7. The molecule has 0 amide bonds. The molecule has 3 aliphatic heterocycles. The fourth-order valence-electron chi connectivity index (χ4n) is 11.4. The van der Waals surface area contributed by atoms with Crippen molar-refractivity contribution in [2.24, 2.45) is 35.5 Å². The highest BCUT2D eigenvalue weighted by atomic mass is 16.7. The molecule has 6 unspecified atom stereocenters. The maximum Gasteiger partial charge on any atom is 0.326 e. The van der Waals surface area contributed by atoms with Crippen LogP contribution in [0.15, 0.2) is 47.6 Å². The molecule has 4 aliphatic rings. The fourth-order valence-corrected chi connectivity index (χ4v) is 11.4. The number of fused-ring (bicyclic) bond motifs is 3. The second kappa shape index (κ2) is 26.4. The lowest BCUT2D eigenvalue weighted by Gasteiger charge is -2.52. The summed E-state index contributed by atoms with van der Waals surface area (Å²) < 4.78 is 36.7. The predicted molar refractivity (Wildman–Crippen MR) is 259 cm³/mol. The van der Waals surface area contributed by atoms with Gasteiger partial charge in [-0.05, 0) is 120 Å². The Labute approximate surface area is 402 Å². The second-order valence-electron chi connectivity index (χ2n) is 21.1. The molecule has 14 heteroatoms. The first-order valence-electron chi connectivity index (χ1n) is 25.2. The third kappa shape index (κ3) is 14.5. The van der Waals surface area contributed by atoms with Gasteiger partial charge in [-0.2, -0.15) is 0 Å². The van der Waals surface area contributed by atoms with Crippen LogP contribution in [-0.4, -0.2) is 155 Å². The van der Waals surface area contributed by atoms with E-state index in [0.717, 1.165) is 12.0 Å². The average Bonchev–Trinajstić information content (AvgIpc) is 3.30. The summed E-state index contributed by atoms with van der Waals surface area (Å²) in [5, 5.41) is 70.2. The van der Waals surface area contributed by atoms with Crippen LogP contribution in [0.25, 0.3) is 0 Å². The summed E-state index contributed by atoms with van der Waals surface area (Å²) in [4.78, 5) is 16.5. The molecule has 6 N–H and O–H groups in total. The standard InChI is InChI=1S/C53H91NO13/c1-32-18-14-13-15-19-33(2)43(62-9)30-40-22-20-38(7)53(65-12,67-40)49(59)50(60)54-25-17-16-24-52(54,8)51(61)66-44(35(4)28-39-21-23-41(55)45(29-39)63-10)31-42(56)34(3)27-37(6)47(58)48(64-11)46(57)36(5)26-32/h13-15,18-19,27,32,34-36,38-50,55-60H,16-17,20-26,28-31H2,1-12H3/t32-,34+,35-,36?,38?,39?,40-,41-,42+,43+,44-,45?,46+,47?,48+,49+,50+,52+,53?/m1/s1. The number of piperidine rings is 1. The van der Waals surface area contributed by atoms with Crippen LogP contribution in [0.3, 0.4) is 0 Å². The first kappa shape index (κ1) is 57.5. The molecule has 4 rings (SSSR count). The Morgan fingerprint density at radius 2 is 1.54 bits per heavy atom. The first-order chi connectivity index (χ1) is 31.7. The molecule has 3 fully saturated rings. The minimum atomic E-state index is -1.59. The van der Waals surface area contributed by atoms with Crippen molar-refractivity contribution in [1.82, 2.24) is 4.90 Å². The van der Waals surface area contributed by atoms with Crippen LogP contribution in [0.1, 0.15) is 132 Å². The van der Waals surface area contributed by atoms with Crippen LogP contribution in [0, 0.1) is 35.5 Å². The first-order valence-corrected chi connectivity index (χ1v) is 25.2. The van der Waals surface area contributed by atoms with Gasteiger partial charge in [-0.3, -0.25) is 9.69 Å². The molecule has 19 atom stereocenters. The Bertz CT molecular complexity index is 1640. The Hall–Kier alpha value is -2.05. The lowest BCUT2D eigenvalue weighted by Crippen LogP contribution is -2.68. The maximum atomic E-state index is 14.9. The molecule has 0 radical (unpaired) electrons. The molecule has 0 aromatic heterocycles. The van der Waals surface area contributed by atoms with Gasteiger partial charge < -0.3 is 59.1 Å². The normalized spacial score (nSPS) is 42.8. The van der Waals surface area contributed by atoms with Gasteiger partial charge in [0.15, 0.2) is 0 Å². The number of hydrogen-bond acceptors (Lipinski definition) is 14. The third-order valence-electron chi connectivity index (χ3n) is 16.1. The second-order valence-corrected chi connectivity index (χ2v) is 21.1. The number of ether oxygens (including phenoxy) is 6. The van der Waals surface area contributed by atoms with E-state index in [1.165, 1.54) is 14.2 Å². The molecule has 2 saturated heterocycles. The van der Waals surface area contributed by atoms with E-state index < -0.39 is 72.2 Å². The minimum Gasteiger partial charge on any atom is -0.461 e. The zero-order valence-electron chi connectivity index (χ0n) is 43.0. The van der Waals surface area contributed by atoms with Gasteiger partial charge in [0, 0.05) is 59.7 Å². The topological polar surface area (TPSA) is 197 Å². The number of carbonyl (C=O) groups excluding carboxylic acids is 1. The number of carbonyl (C=O) groups is 1. The molecule has 1 aliphatic carbocycles. The number of nitrogens with zero attached hydrogens (tertiary/aromatic N) is 1. The third-order valence-corrected chi connectivity index (χ3v) is 16.1. The van der Waals surface area contributed by atoms with Crippen LogP contribution in [0.2, 0.25) is 0 Å². The monoisotopic (exact) mass is 950 g/mol. The molecule has 1 saturated carbocycles. The summed E-state index contributed by atoms with van der Waals surface area (Å²) in [7, 11) is 6.22. The number of hydrogen-bond donors (Lipinski definition) is 6. The number of aliphatic hydroxyl groups excluding tert-OH is 6. The molecular formula is C53H91NO13. The molecule has 0 aromatic rings. The van der Waals surface area contributed by atoms with E-state index in [9.17, 15) is 35.4 Å². The van der Waals surface area contributed by atoms with Crippen molar-refractivity contribution in [1.29, 1.82) is 0 Å². The molecule has 2 bridgehead atoms. The summed E-state index contributed by atoms with van der Waals surface area (Å²) >= 11 is 0. The van der Waals surface area contributed by atoms with Gasteiger partial charge >= 0.3 is 5.97 Å². The summed E-state index contributed by atoms with van der Waals surface area (Å²) in [6, 6.07) is 0. The molecule has 0 spiro atoms. The smallest absolute Gasteiger partial charge is 0.326 e. The molecule has 0 aromatic carbocycles. The maximum absolute atomic E-state index is 14.9. The summed E-state index contributed by atoms with van der Waals surface area (Å²) in [5.74, 6) is -3.09. The van der Waals surface area contributed by atoms with Gasteiger partial charge in [-0.1, -0.05) is 71.1 Å². The quantitative estimate of drug-likeness (QED) is 0.121. The SMILES string of the molecule is COC1CC(C[C@@H](C)[C@H]2C[C@H](O)[C@@H](C)C=C(C)C(O)[C@@H](OC)[C@@H](O)C(C)C[C@H](C)C=CC=CC=C(C)[C@@H](OC)C[C@H]3CCC(C)C(OC)(O3)[C@@H](O)[C@H](O)N3CCCC[C@@]3(C)C(=O)O2)CC[C@H]1O. The minimum absolute atomic E-state index is 0.0862. The van der Waals surface area contributed by atoms with E-state index in [4.69, 9.17) is 28.4 Å². The Balaban J connectivity index is 1.74. The van der Waals surface area contributed by atoms with E-state index in [2.05, 4.69) is 13.0 Å². The van der Waals surface area contributed by atoms with Crippen molar-refractivity contribution in [3.63, 3.8) is 0 Å². The van der Waals surface area contributed by atoms with E-state index in [1.807, 2.05) is 58.9 Å². The van der Waals surface area contributed by atoms with Gasteiger partial charge in [0.05, 0.1) is 36.6 Å². The van der Waals surface area contributed by atoms with Gasteiger partial charge in [-0.15, -0.1) is 0 Å². The molecule has 3 heterocycles. The van der Waals surface area contributed by atoms with Crippen molar-refractivity contribution >= 4 is 5.97 Å². The van der Waals surface area contributed by atoms with Crippen molar-refractivity contribution in [2.75, 3.05) is 35.0 Å². The van der Waals surface area contributed by atoms with E-state index in [1.54, 1.807) is 39.0 Å². The van der Waals surface area contributed by atoms with Crippen molar-refractivity contribution < 1.29 is 63.9 Å². The van der Waals surface area contributed by atoms with Crippen LogP contribution in [0.4, 0.5) is 0 Å². The van der Waals surface area contributed by atoms with E-state index >= 15 is 0 Å². The van der Waals surface area contributed by atoms with Crippen molar-refractivity contribution in [3.05, 3.63) is 47.6 Å². The molecule has 67 heavy (non-hydrogen) atoms. The zero-order valence-corrected chi connectivity index (χ0v) is 43.0. The Morgan fingerprint density at radius 3 is 2.19 bits per heavy atom. The number of esters is 1. The largest absolute Gasteiger partial charge is 0.461 e. The van der Waals surface area contributed by atoms with Gasteiger partial charge in [0.25, 0.3) is 0 Å². The predicted octanol–water partition coefficient (Wildman–Crippen LogP) is 6.39. The number of cyclic esters (lactones) is 1. The van der Waals surface area contributed by atoms with E-state index in [0.29, 0.717) is 76.3 Å². The van der Waals surface area contributed by atoms with Crippen LogP contribution < -0.4 is 0 Å². The molecule has 14 nitrogen and oxygen atoms in total. The summed E-state index contributed by atoms with van der Waals surface area (Å²) in [6.45, 7) is 15.7. The van der Waals surface area contributed by atoms with Crippen LogP contribution in [0.5, 0.6) is 0 Å². The molecule has 386 valence electrons. The number of allylic oxidation sites excluding steroid dienone is 5. The number of rotatable bonds is 7. The zero-order chi connectivity index (χ0) is 49.8. The highest BCUT2D eigenvalue weighted by Gasteiger charge is 2.56. The van der Waals surface area contributed by atoms with Gasteiger partial charge in [-0.25, -0.2) is 0 Å². The van der Waals surface area contributed by atoms with Crippen LogP contribution in [-0.2, 0) is 33.2 Å². The van der Waals surface area contributed by atoms with Gasteiger partial charge in [0.2, 0.25) is 5.79 Å². The Morgan fingerprint density at radius 1 is 0.821 bits per heavy atom. The summed E-state index contributed by atoms with van der Waals surface area (Å²) in [5.41, 5.74) is 0.163. The summed E-state index contributed by atoms with van der Waals surface area (Å²) in [6.07, 6.45) is 9.31. The lowest BCUT2D eigenvalue weighted by atomic mass is 9.78. The highest BCUT2D eigenvalue weighted by Crippen LogP contribution is 2.43. The highest BCUT2D eigenvalue weighted by molar-refractivity contribution is 5.80. The van der Waals surface area contributed by atoms with E-state index in [-0.39, 0.29) is 54.3 Å². The van der Waals surface area contributed by atoms with Crippen molar-refractivity contribution in [3.8, 4) is 0 Å². The number of methoxy groups -OCH3 is 4. The fraction of sp³-hybridized carbons (Fsp3) is 0.830. The number of aliphatic hydroxyl groups is 6. The van der Waals surface area contributed by atoms with Gasteiger partial charge in [0.1, 0.15) is 36.2 Å². The molecular weight excluding hydrogens is 859 g/mol.